The van der Waals surface area contributed by atoms with Gasteiger partial charge in [-0.2, -0.15) is 5.10 Å². The topological polar surface area (TPSA) is 196 Å². The van der Waals surface area contributed by atoms with Crippen LogP contribution in [-0.4, -0.2) is 135 Å². The Morgan fingerprint density at radius 2 is 1.65 bits per heavy atom. The predicted octanol–water partition coefficient (Wildman–Crippen LogP) is 4.75. The van der Waals surface area contributed by atoms with E-state index in [2.05, 4.69) is 40.6 Å². The summed E-state index contributed by atoms with van der Waals surface area (Å²) in [6, 6.07) is 11.6. The minimum absolute atomic E-state index is 0.0637. The lowest BCUT2D eigenvalue weighted by Crippen LogP contribution is -2.54. The number of nitrogens with zero attached hydrogens (tertiary/aromatic N) is 8. The maximum atomic E-state index is 15.7. The third-order valence-electron chi connectivity index (χ3n) is 14.3. The molecule has 6 aliphatic heterocycles. The first-order valence-corrected chi connectivity index (χ1v) is 23.7. The number of aromatic nitrogens is 4. The molecule has 5 amide bonds. The van der Waals surface area contributed by atoms with Crippen LogP contribution in [0, 0.1) is 11.7 Å². The van der Waals surface area contributed by atoms with Crippen LogP contribution in [0.1, 0.15) is 71.9 Å². The zero-order chi connectivity index (χ0) is 46.6. The zero-order valence-electron chi connectivity index (χ0n) is 37.8. The van der Waals surface area contributed by atoms with Crippen LogP contribution in [0.15, 0.2) is 54.9 Å². The Kier molecular flexibility index (Phi) is 11.4. The molecule has 3 fully saturated rings. The smallest absolute Gasteiger partial charge is 0.262 e. The van der Waals surface area contributed by atoms with Crippen LogP contribution >= 0.6 is 0 Å². The molecule has 9 heterocycles. The summed E-state index contributed by atoms with van der Waals surface area (Å²) in [5, 5.41) is 15.0. The molecule has 19 heteroatoms. The van der Waals surface area contributed by atoms with E-state index in [9.17, 15) is 24.0 Å². The molecule has 3 saturated heterocycles. The van der Waals surface area contributed by atoms with Crippen molar-refractivity contribution >= 4 is 63.3 Å². The van der Waals surface area contributed by atoms with Crippen LogP contribution in [0.25, 0.3) is 21.9 Å². The number of pyridine rings is 2. The molecule has 0 saturated carbocycles. The molecular formula is C49H52FN11O7. The second kappa shape index (κ2) is 17.8. The molecule has 18 nitrogen and oxygen atoms in total. The number of carbonyl (C=O) groups excluding carboxylic acids is 5. The van der Waals surface area contributed by atoms with Gasteiger partial charge in [0.25, 0.3) is 11.8 Å². The van der Waals surface area contributed by atoms with Gasteiger partial charge in [0.2, 0.25) is 23.6 Å². The number of imide groups is 2. The van der Waals surface area contributed by atoms with E-state index in [1.54, 1.807) is 35.3 Å². The van der Waals surface area contributed by atoms with Crippen molar-refractivity contribution in [2.75, 3.05) is 74.6 Å². The lowest BCUT2D eigenvalue weighted by molar-refractivity contribution is -0.136. The number of benzene rings is 2. The van der Waals surface area contributed by atoms with Crippen molar-refractivity contribution in [1.82, 2.24) is 39.8 Å². The quantitative estimate of drug-likeness (QED) is 0.163. The van der Waals surface area contributed by atoms with Crippen molar-refractivity contribution in [2.24, 2.45) is 5.92 Å². The van der Waals surface area contributed by atoms with Crippen molar-refractivity contribution in [3.63, 3.8) is 0 Å². The Morgan fingerprint density at radius 1 is 0.824 bits per heavy atom. The number of fused-ring (bicyclic) bond motifs is 4. The Bertz CT molecular complexity index is 2870. The van der Waals surface area contributed by atoms with E-state index >= 15 is 4.39 Å². The number of anilines is 4. The van der Waals surface area contributed by atoms with Crippen LogP contribution in [-0.2, 0) is 27.3 Å². The molecule has 3 N–H and O–H groups in total. The van der Waals surface area contributed by atoms with Crippen molar-refractivity contribution in [3.8, 4) is 22.8 Å². The summed E-state index contributed by atoms with van der Waals surface area (Å²) in [4.78, 5) is 81.3. The molecule has 3 aromatic heterocycles. The van der Waals surface area contributed by atoms with E-state index in [1.807, 2.05) is 25.1 Å². The maximum Gasteiger partial charge on any atom is 0.262 e. The second-order valence-electron chi connectivity index (χ2n) is 18.4. The van der Waals surface area contributed by atoms with Crippen LogP contribution in [0.4, 0.5) is 27.4 Å². The fourth-order valence-electron chi connectivity index (χ4n) is 10.8. The monoisotopic (exact) mass is 925 g/mol. The number of halogens is 1. The zero-order valence-corrected chi connectivity index (χ0v) is 37.8. The normalized spacial score (nSPS) is 20.4. The summed E-state index contributed by atoms with van der Waals surface area (Å²) >= 11 is 0. The summed E-state index contributed by atoms with van der Waals surface area (Å²) in [5.74, 6) is 0.199. The van der Waals surface area contributed by atoms with Gasteiger partial charge in [0, 0.05) is 111 Å². The van der Waals surface area contributed by atoms with Gasteiger partial charge in [-0.1, -0.05) is 0 Å². The third-order valence-corrected chi connectivity index (χ3v) is 14.3. The Morgan fingerprint density at radius 3 is 2.46 bits per heavy atom. The molecule has 0 spiro atoms. The van der Waals surface area contributed by atoms with Crippen molar-refractivity contribution < 1.29 is 37.8 Å². The van der Waals surface area contributed by atoms with Gasteiger partial charge in [-0.3, -0.25) is 38.9 Å². The molecule has 11 rings (SSSR count). The molecule has 1 unspecified atom stereocenters. The van der Waals surface area contributed by atoms with E-state index < -0.39 is 35.5 Å². The lowest BCUT2D eigenvalue weighted by Gasteiger charge is -2.41. The Balaban J connectivity index is 0.669. The van der Waals surface area contributed by atoms with E-state index in [0.29, 0.717) is 89.7 Å². The van der Waals surface area contributed by atoms with E-state index in [-0.39, 0.29) is 36.9 Å². The number of ether oxygens (including phenoxy) is 2. The molecule has 1 atom stereocenters. The number of hydrogen-bond acceptors (Lipinski definition) is 14. The largest absolute Gasteiger partial charge is 0.491 e. The number of hydrogen-bond donors (Lipinski definition) is 3. The number of likely N-dealkylation sites (tertiary alicyclic amines) is 1. The van der Waals surface area contributed by atoms with Crippen LogP contribution < -0.4 is 30.3 Å². The molecule has 0 bridgehead atoms. The predicted molar refractivity (Wildman–Crippen MR) is 249 cm³/mol. The minimum Gasteiger partial charge on any atom is -0.491 e. The SMILES string of the molecule is CCOc1c(-c2cc3cc(Nc4cc5n(n4)CC(=O)N(C4CCN(CC6CCN(c7ccc8c(c7)C(=O)N(C7CCC(=O)NC7=O)C8=O)CC6)CC4)CC5)ncc3cc2F)cnc2c1NCCO2. The van der Waals surface area contributed by atoms with E-state index in [4.69, 9.17) is 14.6 Å². The number of nitrogens with one attached hydrogen (secondary N) is 3. The van der Waals surface area contributed by atoms with Gasteiger partial charge in [-0.25, -0.2) is 14.4 Å². The highest BCUT2D eigenvalue weighted by Crippen LogP contribution is 2.44. The molecule has 0 radical (unpaired) electrons. The average molecular weight is 926 g/mol. The first-order chi connectivity index (χ1) is 33.1. The summed E-state index contributed by atoms with van der Waals surface area (Å²) in [5.41, 5.74) is 3.91. The Labute approximate surface area is 391 Å². The lowest BCUT2D eigenvalue weighted by atomic mass is 9.94. The Hall–Kier alpha value is -7.15. The molecule has 6 aliphatic rings. The first-order valence-electron chi connectivity index (χ1n) is 23.7. The summed E-state index contributed by atoms with van der Waals surface area (Å²) < 4.78 is 29.1. The molecule has 5 aromatic rings. The van der Waals surface area contributed by atoms with Crippen molar-refractivity contribution in [2.45, 2.75) is 70.5 Å². The maximum absolute atomic E-state index is 15.7. The molecule has 0 aliphatic carbocycles. The van der Waals surface area contributed by atoms with Gasteiger partial charge in [-0.15, -0.1) is 0 Å². The average Bonchev–Trinajstić information content (AvgIpc) is 3.78. The minimum atomic E-state index is -0.985. The first kappa shape index (κ1) is 43.4. The number of carbonyl (C=O) groups is 5. The van der Waals surface area contributed by atoms with Gasteiger partial charge in [0.05, 0.1) is 17.7 Å². The standard InChI is InChI=1S/C49H52FN11O7/c1-2-67-45-37(25-53-47-44(45)51-12-18-68-47)35-19-29-21-40(52-24-30(29)20-38(35)50)54-41-23-33-11-17-59(43(63)27-60(33)56-41)31-9-13-57(14-10-31)26-28-7-15-58(16-8-28)32-3-4-34-36(22-32)49(66)61(48(34)65)39-5-6-42(62)55-46(39)64/h3-4,19-25,28,31,39,51H,2,5-18,26-27H2,1H3,(H,52,54,56)(H,55,62,64). The number of amides is 5. The van der Waals surface area contributed by atoms with Gasteiger partial charge < -0.3 is 34.8 Å². The molecule has 68 heavy (non-hydrogen) atoms. The summed E-state index contributed by atoms with van der Waals surface area (Å²) in [6.07, 6.45) is 7.91. The second-order valence-corrected chi connectivity index (χ2v) is 18.4. The van der Waals surface area contributed by atoms with Gasteiger partial charge in [-0.05, 0) is 86.7 Å². The third kappa shape index (κ3) is 8.11. The molecule has 2 aromatic carbocycles. The summed E-state index contributed by atoms with van der Waals surface area (Å²) in [7, 11) is 0. The highest BCUT2D eigenvalue weighted by atomic mass is 19.1. The number of piperidine rings is 3. The number of rotatable bonds is 10. The van der Waals surface area contributed by atoms with Crippen molar-refractivity contribution in [1.29, 1.82) is 0 Å². The summed E-state index contributed by atoms with van der Waals surface area (Å²) in [6.45, 7) is 8.62. The molecular weight excluding hydrogens is 874 g/mol. The molecule has 352 valence electrons. The van der Waals surface area contributed by atoms with Crippen molar-refractivity contribution in [3.05, 3.63) is 77.5 Å². The van der Waals surface area contributed by atoms with E-state index in [0.717, 1.165) is 80.1 Å². The van der Waals surface area contributed by atoms with Crippen LogP contribution in [0.5, 0.6) is 11.6 Å². The van der Waals surface area contributed by atoms with Gasteiger partial charge in [0.1, 0.15) is 36.5 Å². The fourth-order valence-corrected chi connectivity index (χ4v) is 10.8. The van der Waals surface area contributed by atoms with Gasteiger partial charge in [0.15, 0.2) is 11.6 Å². The highest BCUT2D eigenvalue weighted by molar-refractivity contribution is 6.23. The highest BCUT2D eigenvalue weighted by Gasteiger charge is 2.45. The van der Waals surface area contributed by atoms with Crippen LogP contribution in [0.2, 0.25) is 0 Å². The van der Waals surface area contributed by atoms with Crippen LogP contribution in [0.3, 0.4) is 0 Å². The fraction of sp³-hybridized carbons (Fsp3) is 0.429. The van der Waals surface area contributed by atoms with E-state index in [1.165, 1.54) is 6.07 Å². The van der Waals surface area contributed by atoms with Gasteiger partial charge >= 0.3 is 0 Å².